The summed E-state index contributed by atoms with van der Waals surface area (Å²) in [6.07, 6.45) is 3.63. The van der Waals surface area contributed by atoms with Crippen LogP contribution in [-0.2, 0) is 4.79 Å². The number of nitrogens with one attached hydrogen (secondary N) is 1. The van der Waals surface area contributed by atoms with E-state index in [0.29, 0.717) is 35.3 Å². The summed E-state index contributed by atoms with van der Waals surface area (Å²) in [6.45, 7) is 3.42. The minimum atomic E-state index is -0.670. The quantitative estimate of drug-likeness (QED) is 0.165. The summed E-state index contributed by atoms with van der Waals surface area (Å²) >= 11 is 1.48. The van der Waals surface area contributed by atoms with E-state index in [9.17, 15) is 4.79 Å². The fourth-order valence-corrected chi connectivity index (χ4v) is 6.16. The molecular weight excluding hydrogens is 598 g/mol. The molecular formula is C35H35N7O3S. The molecule has 46 heavy (non-hydrogen) atoms. The maximum Gasteiger partial charge on any atom is 0.230 e. The van der Waals surface area contributed by atoms with Gasteiger partial charge in [-0.25, -0.2) is 14.5 Å². The third-order valence-electron chi connectivity index (χ3n) is 7.64. The number of anilines is 2. The molecule has 0 aliphatic heterocycles. The number of aromatic nitrogens is 4. The first-order valence-electron chi connectivity index (χ1n) is 14.8. The van der Waals surface area contributed by atoms with E-state index in [1.807, 2.05) is 110 Å². The fourth-order valence-electron chi connectivity index (χ4n) is 5.31. The van der Waals surface area contributed by atoms with Crippen LogP contribution >= 0.6 is 11.3 Å². The van der Waals surface area contributed by atoms with Crippen molar-refractivity contribution in [2.75, 3.05) is 39.7 Å². The summed E-state index contributed by atoms with van der Waals surface area (Å²) in [6, 6.07) is 23.2. The summed E-state index contributed by atoms with van der Waals surface area (Å²) in [4.78, 5) is 25.2. The number of nitrogens with two attached hydrogens (primary N) is 1. The Morgan fingerprint density at radius 1 is 1.09 bits per heavy atom. The molecule has 0 saturated heterocycles. The number of benzene rings is 2. The number of aryl methyl sites for hydroxylation is 1. The van der Waals surface area contributed by atoms with Crippen LogP contribution in [0.1, 0.15) is 21.9 Å². The minimum absolute atomic E-state index is 0.439. The fraction of sp³-hybridized carbons (Fsp3) is 0.200. The van der Waals surface area contributed by atoms with Gasteiger partial charge < -0.3 is 25.4 Å². The van der Waals surface area contributed by atoms with Crippen molar-refractivity contribution in [1.82, 2.24) is 24.5 Å². The van der Waals surface area contributed by atoms with Gasteiger partial charge in [-0.05, 0) is 80.5 Å². The number of methoxy groups -OCH3 is 1. The second kappa shape index (κ2) is 13.4. The van der Waals surface area contributed by atoms with E-state index in [2.05, 4.69) is 15.2 Å². The molecule has 0 spiro atoms. The van der Waals surface area contributed by atoms with Crippen LogP contribution in [0.5, 0.6) is 11.5 Å². The van der Waals surface area contributed by atoms with E-state index in [1.54, 1.807) is 13.3 Å². The van der Waals surface area contributed by atoms with Crippen molar-refractivity contribution in [1.29, 1.82) is 0 Å². The number of likely N-dealkylation sites (N-methyl/N-ethyl adjacent to an activating group) is 1. The van der Waals surface area contributed by atoms with Crippen LogP contribution in [0, 0.1) is 6.92 Å². The van der Waals surface area contributed by atoms with Gasteiger partial charge >= 0.3 is 0 Å². The van der Waals surface area contributed by atoms with Crippen molar-refractivity contribution < 1.29 is 14.3 Å². The SMILES string of the molecule is COc1ccc(-c2nn3ccccc3c2-c2ccnc(Nc3cc(OCCN(C)C)ccc3C)n2)cc1C(C(N)=O)c1cccs1. The standard InChI is InChI=1S/C35H35N7O3S/c1-22-10-12-24(45-18-17-41(2)3)21-27(22)39-35-37-15-14-26(38-35)32-28-8-5-6-16-42(28)40-33(32)23-11-13-29(44-4)25(20-23)31(34(36)43)30-9-7-19-46-30/h5-16,19-21,31H,17-18H2,1-4H3,(H2,36,43)(H,37,38,39). The molecule has 10 nitrogen and oxygen atoms in total. The molecule has 4 aromatic heterocycles. The first kappa shape index (κ1) is 30.8. The van der Waals surface area contributed by atoms with Crippen LogP contribution in [-0.4, -0.2) is 64.7 Å². The van der Waals surface area contributed by atoms with E-state index >= 15 is 0 Å². The lowest BCUT2D eigenvalue weighted by atomic mass is 9.92. The highest BCUT2D eigenvalue weighted by molar-refractivity contribution is 7.10. The highest BCUT2D eigenvalue weighted by Gasteiger charge is 2.27. The molecule has 1 atom stereocenters. The van der Waals surface area contributed by atoms with Gasteiger partial charge in [0, 0.05) is 46.7 Å². The third kappa shape index (κ3) is 6.42. The largest absolute Gasteiger partial charge is 0.496 e. The van der Waals surface area contributed by atoms with Crippen LogP contribution in [0.25, 0.3) is 28.0 Å². The highest BCUT2D eigenvalue weighted by Crippen LogP contribution is 2.40. The van der Waals surface area contributed by atoms with Crippen molar-refractivity contribution in [3.63, 3.8) is 0 Å². The summed E-state index contributed by atoms with van der Waals surface area (Å²) in [7, 11) is 5.62. The Balaban J connectivity index is 1.41. The number of carbonyl (C=O) groups excluding carboxylic acids is 1. The predicted molar refractivity (Wildman–Crippen MR) is 182 cm³/mol. The maximum atomic E-state index is 12.8. The number of pyridine rings is 1. The maximum absolute atomic E-state index is 12.8. The number of rotatable bonds is 12. The van der Waals surface area contributed by atoms with Gasteiger partial charge in [-0.1, -0.05) is 18.2 Å². The lowest BCUT2D eigenvalue weighted by Crippen LogP contribution is -2.22. The lowest BCUT2D eigenvalue weighted by Gasteiger charge is -2.17. The van der Waals surface area contributed by atoms with E-state index in [0.717, 1.165) is 45.1 Å². The molecule has 1 amide bonds. The van der Waals surface area contributed by atoms with Gasteiger partial charge in [0.05, 0.1) is 23.9 Å². The van der Waals surface area contributed by atoms with E-state index < -0.39 is 11.8 Å². The predicted octanol–water partition coefficient (Wildman–Crippen LogP) is 6.14. The Labute approximate surface area is 271 Å². The van der Waals surface area contributed by atoms with Crippen LogP contribution < -0.4 is 20.5 Å². The van der Waals surface area contributed by atoms with Gasteiger partial charge in [0.1, 0.15) is 29.7 Å². The summed E-state index contributed by atoms with van der Waals surface area (Å²) < 4.78 is 13.5. The number of amides is 1. The van der Waals surface area contributed by atoms with Gasteiger partial charge in [0.25, 0.3) is 0 Å². The number of thiophene rings is 1. The molecule has 3 N–H and O–H groups in total. The highest BCUT2D eigenvalue weighted by atomic mass is 32.1. The molecule has 0 radical (unpaired) electrons. The Kier molecular flexibility index (Phi) is 8.95. The van der Waals surface area contributed by atoms with E-state index in [-0.39, 0.29) is 0 Å². The zero-order valence-corrected chi connectivity index (χ0v) is 26.9. The summed E-state index contributed by atoms with van der Waals surface area (Å²) in [5.41, 5.74) is 12.4. The molecule has 2 aromatic carbocycles. The first-order chi connectivity index (χ1) is 22.3. The van der Waals surface area contributed by atoms with Gasteiger partial charge in [0.2, 0.25) is 11.9 Å². The van der Waals surface area contributed by atoms with Gasteiger partial charge in [0.15, 0.2) is 0 Å². The topological polar surface area (TPSA) is 120 Å². The molecule has 234 valence electrons. The number of carbonyl (C=O) groups is 1. The molecule has 0 aliphatic rings. The molecule has 0 bridgehead atoms. The van der Waals surface area contributed by atoms with Crippen molar-refractivity contribution in [3.8, 4) is 34.0 Å². The average molecular weight is 634 g/mol. The van der Waals surface area contributed by atoms with E-state index in [1.165, 1.54) is 11.3 Å². The number of nitrogens with zero attached hydrogens (tertiary/aromatic N) is 5. The second-order valence-corrected chi connectivity index (χ2v) is 12.1. The van der Waals surface area contributed by atoms with Crippen molar-refractivity contribution in [2.24, 2.45) is 5.73 Å². The average Bonchev–Trinajstić information content (AvgIpc) is 3.71. The smallest absolute Gasteiger partial charge is 0.230 e. The zero-order chi connectivity index (χ0) is 32.2. The number of hydrogen-bond donors (Lipinski definition) is 2. The molecule has 6 aromatic rings. The van der Waals surface area contributed by atoms with Crippen LogP contribution in [0.3, 0.4) is 0 Å². The number of fused-ring (bicyclic) bond motifs is 1. The second-order valence-electron chi connectivity index (χ2n) is 11.1. The van der Waals surface area contributed by atoms with Gasteiger partial charge in [-0.3, -0.25) is 4.79 Å². The minimum Gasteiger partial charge on any atom is -0.496 e. The Morgan fingerprint density at radius 3 is 2.72 bits per heavy atom. The Morgan fingerprint density at radius 2 is 1.96 bits per heavy atom. The van der Waals surface area contributed by atoms with E-state index in [4.69, 9.17) is 25.3 Å². The lowest BCUT2D eigenvalue weighted by molar-refractivity contribution is -0.118. The normalized spacial score (nSPS) is 11.9. The molecule has 4 heterocycles. The molecule has 11 heteroatoms. The number of hydrogen-bond acceptors (Lipinski definition) is 9. The number of ether oxygens (including phenoxy) is 2. The Hall–Kier alpha value is -5.26. The first-order valence-corrected chi connectivity index (χ1v) is 15.7. The third-order valence-corrected chi connectivity index (χ3v) is 8.58. The number of primary amides is 1. The monoisotopic (exact) mass is 633 g/mol. The summed E-state index contributed by atoms with van der Waals surface area (Å²) in [5, 5.41) is 10.3. The zero-order valence-electron chi connectivity index (χ0n) is 26.1. The molecule has 0 aliphatic carbocycles. The van der Waals surface area contributed by atoms with Crippen LogP contribution in [0.15, 0.2) is 90.6 Å². The van der Waals surface area contributed by atoms with Gasteiger partial charge in [-0.2, -0.15) is 5.10 Å². The summed E-state index contributed by atoms with van der Waals surface area (Å²) in [5.74, 6) is 0.651. The van der Waals surface area contributed by atoms with Crippen molar-refractivity contribution in [2.45, 2.75) is 12.8 Å². The molecule has 6 rings (SSSR count). The molecule has 0 fully saturated rings. The van der Waals surface area contributed by atoms with Crippen LogP contribution in [0.2, 0.25) is 0 Å². The Bertz CT molecular complexity index is 1990. The molecule has 1 unspecified atom stereocenters. The van der Waals surface area contributed by atoms with Crippen LogP contribution in [0.4, 0.5) is 11.6 Å². The van der Waals surface area contributed by atoms with Crippen molar-refractivity contribution in [3.05, 3.63) is 107 Å². The van der Waals surface area contributed by atoms with Gasteiger partial charge in [-0.15, -0.1) is 11.3 Å². The molecule has 0 saturated carbocycles. The van der Waals surface area contributed by atoms with Crippen molar-refractivity contribution >= 4 is 34.4 Å².